The summed E-state index contributed by atoms with van der Waals surface area (Å²) in [5, 5.41) is 1.10. The van der Waals surface area contributed by atoms with Gasteiger partial charge in [0.1, 0.15) is 5.69 Å². The second-order valence-electron chi connectivity index (χ2n) is 6.83. The number of rotatable bonds is 2. The van der Waals surface area contributed by atoms with Gasteiger partial charge in [0.2, 0.25) is 0 Å². The Morgan fingerprint density at radius 1 is 1.19 bits per heavy atom. The molecule has 0 saturated heterocycles. The molecule has 2 heterocycles. The van der Waals surface area contributed by atoms with Crippen molar-refractivity contribution >= 4 is 38.6 Å². The first-order chi connectivity index (χ1) is 12.5. The molecule has 4 rings (SSSR count). The van der Waals surface area contributed by atoms with Gasteiger partial charge in [-0.3, -0.25) is 20.4 Å². The summed E-state index contributed by atoms with van der Waals surface area (Å²) in [7, 11) is 0. The summed E-state index contributed by atoms with van der Waals surface area (Å²) in [4.78, 5) is 30.7. The summed E-state index contributed by atoms with van der Waals surface area (Å²) in [6.07, 6.45) is 4.92. The molecular formula is C19H19BrN4O2. The van der Waals surface area contributed by atoms with E-state index in [4.69, 9.17) is 0 Å². The number of hydrogen-bond donors (Lipinski definition) is 4. The topological polar surface area (TPSA) is 89.8 Å². The van der Waals surface area contributed by atoms with Gasteiger partial charge in [0.05, 0.1) is 0 Å². The van der Waals surface area contributed by atoms with Crippen LogP contribution < -0.4 is 10.9 Å². The molecule has 4 N–H and O–H groups in total. The largest absolute Gasteiger partial charge is 0.358 e. The second-order valence-corrected chi connectivity index (χ2v) is 7.75. The molecule has 7 heteroatoms. The van der Waals surface area contributed by atoms with E-state index < -0.39 is 5.91 Å². The highest BCUT2D eigenvalue weighted by molar-refractivity contribution is 9.10. The van der Waals surface area contributed by atoms with Crippen molar-refractivity contribution in [1.82, 2.24) is 20.8 Å². The van der Waals surface area contributed by atoms with Gasteiger partial charge in [0.15, 0.2) is 0 Å². The van der Waals surface area contributed by atoms with E-state index in [9.17, 15) is 9.59 Å². The van der Waals surface area contributed by atoms with Crippen LogP contribution in [0.4, 0.5) is 0 Å². The predicted octanol–water partition coefficient (Wildman–Crippen LogP) is 3.46. The quantitative estimate of drug-likeness (QED) is 0.483. The van der Waals surface area contributed by atoms with Crippen molar-refractivity contribution in [2.75, 3.05) is 0 Å². The van der Waals surface area contributed by atoms with Crippen LogP contribution in [0.5, 0.6) is 0 Å². The smallest absolute Gasteiger partial charge is 0.286 e. The number of aryl methyl sites for hydroxylation is 1. The molecule has 134 valence electrons. The molecule has 2 amide bonds. The number of carbonyl (C=O) groups is 2. The maximum absolute atomic E-state index is 12.4. The highest BCUT2D eigenvalue weighted by Crippen LogP contribution is 2.32. The minimum absolute atomic E-state index is 0.343. The Balaban J connectivity index is 1.52. The molecule has 1 atom stereocenters. The molecule has 0 fully saturated rings. The Bertz CT molecular complexity index is 1000. The number of halogens is 1. The molecule has 0 radical (unpaired) electrons. The van der Waals surface area contributed by atoms with Crippen LogP contribution in [0.25, 0.3) is 10.9 Å². The number of fused-ring (bicyclic) bond motifs is 3. The summed E-state index contributed by atoms with van der Waals surface area (Å²) in [5.74, 6) is -0.0963. The van der Waals surface area contributed by atoms with E-state index in [0.717, 1.165) is 28.2 Å². The zero-order chi connectivity index (χ0) is 18.3. The molecule has 2 aromatic heterocycles. The fraction of sp³-hybridized carbons (Fsp3) is 0.263. The molecule has 0 aliphatic heterocycles. The highest BCUT2D eigenvalue weighted by atomic mass is 79.9. The Hall–Kier alpha value is -2.54. The molecule has 0 bridgehead atoms. The summed E-state index contributed by atoms with van der Waals surface area (Å²) in [6.45, 7) is 2.26. The highest BCUT2D eigenvalue weighted by Gasteiger charge is 2.20. The fourth-order valence-corrected chi connectivity index (χ4v) is 3.83. The lowest BCUT2D eigenvalue weighted by molar-refractivity contribution is 0.0844. The minimum atomic E-state index is -0.405. The van der Waals surface area contributed by atoms with Crippen LogP contribution in [-0.4, -0.2) is 21.8 Å². The van der Waals surface area contributed by atoms with E-state index in [0.29, 0.717) is 17.2 Å². The first kappa shape index (κ1) is 16.9. The van der Waals surface area contributed by atoms with Gasteiger partial charge in [-0.25, -0.2) is 0 Å². The Morgan fingerprint density at radius 3 is 2.77 bits per heavy atom. The minimum Gasteiger partial charge on any atom is -0.358 e. The maximum Gasteiger partial charge on any atom is 0.286 e. The van der Waals surface area contributed by atoms with E-state index in [1.165, 1.54) is 17.7 Å². The molecule has 3 aromatic rings. The van der Waals surface area contributed by atoms with Crippen LogP contribution in [0.3, 0.4) is 0 Å². The molecule has 26 heavy (non-hydrogen) atoms. The third-order valence-electron chi connectivity index (χ3n) is 4.88. The van der Waals surface area contributed by atoms with Crippen molar-refractivity contribution < 1.29 is 9.59 Å². The van der Waals surface area contributed by atoms with Gasteiger partial charge < -0.3 is 9.97 Å². The van der Waals surface area contributed by atoms with Crippen LogP contribution in [0.15, 0.2) is 34.9 Å². The van der Waals surface area contributed by atoms with Crippen LogP contribution >= 0.6 is 15.9 Å². The molecule has 0 saturated carbocycles. The number of hydrogen-bond acceptors (Lipinski definition) is 2. The predicted molar refractivity (Wildman–Crippen MR) is 103 cm³/mol. The van der Waals surface area contributed by atoms with Gasteiger partial charge >= 0.3 is 0 Å². The van der Waals surface area contributed by atoms with E-state index in [1.807, 2.05) is 12.1 Å². The number of amides is 2. The average molecular weight is 415 g/mol. The van der Waals surface area contributed by atoms with Crippen molar-refractivity contribution in [3.05, 3.63) is 57.4 Å². The van der Waals surface area contributed by atoms with Crippen LogP contribution in [0.2, 0.25) is 0 Å². The van der Waals surface area contributed by atoms with Gasteiger partial charge in [-0.2, -0.15) is 0 Å². The van der Waals surface area contributed by atoms with Crippen LogP contribution in [0, 0.1) is 5.92 Å². The van der Waals surface area contributed by atoms with Crippen molar-refractivity contribution in [2.45, 2.75) is 26.2 Å². The first-order valence-electron chi connectivity index (χ1n) is 8.59. The van der Waals surface area contributed by atoms with Crippen molar-refractivity contribution in [1.29, 1.82) is 0 Å². The zero-order valence-electron chi connectivity index (χ0n) is 14.3. The number of carbonyl (C=O) groups excluding carboxylic acids is 2. The number of nitrogens with one attached hydrogen (secondary N) is 4. The zero-order valence-corrected chi connectivity index (χ0v) is 15.9. The molecule has 1 aliphatic carbocycles. The van der Waals surface area contributed by atoms with E-state index in [1.54, 1.807) is 18.3 Å². The monoisotopic (exact) mass is 414 g/mol. The summed E-state index contributed by atoms with van der Waals surface area (Å²) in [5.41, 5.74) is 9.42. The van der Waals surface area contributed by atoms with Gasteiger partial charge in [-0.05, 0) is 70.9 Å². The van der Waals surface area contributed by atoms with Gasteiger partial charge in [0, 0.05) is 32.8 Å². The number of hydrazine groups is 1. The summed E-state index contributed by atoms with van der Waals surface area (Å²) >= 11 is 3.27. The van der Waals surface area contributed by atoms with Gasteiger partial charge in [-0.1, -0.05) is 6.92 Å². The van der Waals surface area contributed by atoms with Crippen molar-refractivity contribution in [3.8, 4) is 0 Å². The van der Waals surface area contributed by atoms with Crippen LogP contribution in [-0.2, 0) is 12.8 Å². The molecule has 1 aromatic carbocycles. The normalized spacial score (nSPS) is 16.3. The summed E-state index contributed by atoms with van der Waals surface area (Å²) in [6, 6.07) is 7.23. The number of aromatic amines is 2. The number of benzene rings is 1. The van der Waals surface area contributed by atoms with Crippen molar-refractivity contribution in [2.24, 2.45) is 5.92 Å². The first-order valence-corrected chi connectivity index (χ1v) is 9.38. The third kappa shape index (κ3) is 3.14. The van der Waals surface area contributed by atoms with Crippen molar-refractivity contribution in [3.63, 3.8) is 0 Å². The fourth-order valence-electron chi connectivity index (χ4n) is 3.48. The number of aromatic nitrogens is 2. The Kier molecular flexibility index (Phi) is 4.32. The lowest BCUT2D eigenvalue weighted by atomic mass is 9.87. The van der Waals surface area contributed by atoms with E-state index in [-0.39, 0.29) is 5.91 Å². The molecule has 1 aliphatic rings. The van der Waals surface area contributed by atoms with Crippen LogP contribution in [0.1, 0.15) is 45.4 Å². The van der Waals surface area contributed by atoms with E-state index >= 15 is 0 Å². The number of H-pyrrole nitrogens is 2. The lowest BCUT2D eigenvalue weighted by Crippen LogP contribution is -2.41. The second kappa shape index (κ2) is 6.64. The summed E-state index contributed by atoms with van der Waals surface area (Å²) < 4.78 is 0.769. The Morgan fingerprint density at radius 2 is 2.00 bits per heavy atom. The lowest BCUT2D eigenvalue weighted by Gasteiger charge is -2.18. The maximum atomic E-state index is 12.4. The standard InChI is InChI=1S/C19H19BrN4O2/c1-10-2-4-15-13(6-10)14-7-11(3-5-16(14)22-15)18(25)23-24-19(26)17-8-12(20)9-21-17/h3,5,7-10,21-22H,2,4,6H2,1H3,(H,23,25)(H,24,26)/t10-/m1/s1. The van der Waals surface area contributed by atoms with Gasteiger partial charge in [0.25, 0.3) is 11.8 Å². The molecule has 6 nitrogen and oxygen atoms in total. The SMILES string of the molecule is C[C@@H]1CCc2[nH]c3ccc(C(=O)NNC(=O)c4cc(Br)c[nH]4)cc3c2C1. The Labute approximate surface area is 158 Å². The van der Waals surface area contributed by atoms with Gasteiger partial charge in [-0.15, -0.1) is 0 Å². The molecule has 0 spiro atoms. The van der Waals surface area contributed by atoms with E-state index in [2.05, 4.69) is 43.7 Å². The average Bonchev–Trinajstić information content (AvgIpc) is 3.22. The third-order valence-corrected chi connectivity index (χ3v) is 5.34. The molecular weight excluding hydrogens is 396 g/mol. The molecule has 0 unspecified atom stereocenters.